The van der Waals surface area contributed by atoms with E-state index in [9.17, 15) is 13.2 Å². The molecule has 0 heterocycles. The van der Waals surface area contributed by atoms with Gasteiger partial charge in [0.1, 0.15) is 5.75 Å². The summed E-state index contributed by atoms with van der Waals surface area (Å²) in [6.45, 7) is 1.43. The van der Waals surface area contributed by atoms with Gasteiger partial charge in [0.2, 0.25) is 0 Å². The van der Waals surface area contributed by atoms with Gasteiger partial charge >= 0.3 is 5.97 Å². The van der Waals surface area contributed by atoms with E-state index < -0.39 is 22.1 Å². The number of carboxylic acid groups (broad SMARTS) is 1. The number of rotatable bonds is 7. The number of hydrogen-bond donors (Lipinski definition) is 2. The number of sulfonamides is 1. The van der Waals surface area contributed by atoms with Crippen molar-refractivity contribution in [2.45, 2.75) is 17.9 Å². The smallest absolute Gasteiger partial charge is 0.344 e. The first-order valence-corrected chi connectivity index (χ1v) is 9.87. The normalized spacial score (nSPS) is 12.8. The zero-order valence-electron chi connectivity index (χ0n) is 14.9. The van der Waals surface area contributed by atoms with Crippen LogP contribution in [0.4, 0.5) is 0 Å². The lowest BCUT2D eigenvalue weighted by atomic mass is 10.1. The van der Waals surface area contributed by atoms with Crippen molar-refractivity contribution in [3.63, 3.8) is 0 Å². The van der Waals surface area contributed by atoms with Gasteiger partial charge in [0.25, 0.3) is 10.0 Å². The lowest BCUT2D eigenvalue weighted by Gasteiger charge is -2.10. The van der Waals surface area contributed by atoms with Gasteiger partial charge in [-0.15, -0.1) is 0 Å². The van der Waals surface area contributed by atoms with E-state index in [1.165, 1.54) is 19.2 Å². The monoisotopic (exact) mass is 398 g/mol. The van der Waals surface area contributed by atoms with Crippen molar-refractivity contribution in [3.8, 4) is 5.75 Å². The van der Waals surface area contributed by atoms with Crippen LogP contribution in [-0.2, 0) is 14.8 Å². The molecule has 0 fully saturated rings. The lowest BCUT2D eigenvalue weighted by Crippen LogP contribution is -2.22. The van der Waals surface area contributed by atoms with Crippen molar-refractivity contribution in [3.05, 3.63) is 72.3 Å². The molecule has 0 radical (unpaired) electrons. The minimum absolute atomic E-state index is 0.120. The summed E-state index contributed by atoms with van der Waals surface area (Å²) in [6.07, 6.45) is 0.386. The maximum absolute atomic E-state index is 12.4. The summed E-state index contributed by atoms with van der Waals surface area (Å²) in [6, 6.07) is 18.8. The number of nitrogens with one attached hydrogen (secondary N) is 1. The fourth-order valence-electron chi connectivity index (χ4n) is 2.44. The molecule has 0 spiro atoms. The molecule has 28 heavy (non-hydrogen) atoms. The zero-order valence-corrected chi connectivity index (χ0v) is 15.8. The Morgan fingerprint density at radius 3 is 2.43 bits per heavy atom. The van der Waals surface area contributed by atoms with Crippen LogP contribution in [0.15, 0.2) is 76.7 Å². The number of hydrogen-bond acceptors (Lipinski definition) is 5. The van der Waals surface area contributed by atoms with Crippen LogP contribution in [-0.4, -0.2) is 31.8 Å². The van der Waals surface area contributed by atoms with Gasteiger partial charge < -0.3 is 9.84 Å². The molecule has 8 heteroatoms. The van der Waals surface area contributed by atoms with Gasteiger partial charge in [-0.25, -0.2) is 9.63 Å². The Morgan fingerprint density at radius 2 is 1.75 bits per heavy atom. The highest BCUT2D eigenvalue weighted by Crippen LogP contribution is 2.19. The molecule has 3 rings (SSSR count). The minimum atomic E-state index is -3.79. The SMILES string of the molecule is C[C@H](Oc1ccc(C=NNS(=O)(=O)c2ccc3ccccc3c2)cc1)C(=O)O. The number of carboxylic acids is 1. The summed E-state index contributed by atoms with van der Waals surface area (Å²) in [5, 5.41) is 14.4. The van der Waals surface area contributed by atoms with Gasteiger partial charge in [-0.2, -0.15) is 13.5 Å². The van der Waals surface area contributed by atoms with Gasteiger partial charge in [-0.05, 0) is 59.7 Å². The fourth-order valence-corrected chi connectivity index (χ4v) is 3.27. The molecule has 3 aromatic rings. The highest BCUT2D eigenvalue weighted by molar-refractivity contribution is 7.89. The molecule has 0 saturated carbocycles. The molecule has 0 aliphatic rings. The highest BCUT2D eigenvalue weighted by atomic mass is 32.2. The predicted molar refractivity (Wildman–Crippen MR) is 106 cm³/mol. The van der Waals surface area contributed by atoms with E-state index in [1.807, 2.05) is 24.3 Å². The van der Waals surface area contributed by atoms with Crippen molar-refractivity contribution in [1.29, 1.82) is 0 Å². The van der Waals surface area contributed by atoms with Gasteiger partial charge in [0.05, 0.1) is 11.1 Å². The molecule has 0 aromatic heterocycles. The maximum atomic E-state index is 12.4. The number of nitrogens with zero attached hydrogens (tertiary/aromatic N) is 1. The van der Waals surface area contributed by atoms with Crippen LogP contribution in [0.2, 0.25) is 0 Å². The van der Waals surface area contributed by atoms with Crippen LogP contribution >= 0.6 is 0 Å². The first kappa shape index (κ1) is 19.4. The van der Waals surface area contributed by atoms with Crippen molar-refractivity contribution in [2.24, 2.45) is 5.10 Å². The van der Waals surface area contributed by atoms with Crippen molar-refractivity contribution in [2.75, 3.05) is 0 Å². The van der Waals surface area contributed by atoms with E-state index in [-0.39, 0.29) is 4.90 Å². The predicted octanol–water partition coefficient (Wildman–Crippen LogP) is 3.00. The molecule has 2 N–H and O–H groups in total. The van der Waals surface area contributed by atoms with Gasteiger partial charge in [-0.1, -0.05) is 30.3 Å². The second-order valence-electron chi connectivity index (χ2n) is 6.03. The number of hydrazone groups is 1. The average Bonchev–Trinajstić information content (AvgIpc) is 2.68. The lowest BCUT2D eigenvalue weighted by molar-refractivity contribution is -0.144. The molecular formula is C20H18N2O5S. The molecule has 3 aromatic carbocycles. The Morgan fingerprint density at radius 1 is 1.07 bits per heavy atom. The summed E-state index contributed by atoms with van der Waals surface area (Å²) >= 11 is 0. The Bertz CT molecular complexity index is 1120. The van der Waals surface area contributed by atoms with Gasteiger partial charge in [0.15, 0.2) is 6.10 Å². The number of aliphatic carboxylic acids is 1. The van der Waals surface area contributed by atoms with Crippen LogP contribution in [0.1, 0.15) is 12.5 Å². The molecule has 0 aliphatic carbocycles. The number of ether oxygens (including phenoxy) is 1. The zero-order chi connectivity index (χ0) is 20.1. The highest BCUT2D eigenvalue weighted by Gasteiger charge is 2.13. The molecule has 0 saturated heterocycles. The van der Waals surface area contributed by atoms with Crippen molar-refractivity contribution < 1.29 is 23.1 Å². The Hall–Kier alpha value is -3.39. The topological polar surface area (TPSA) is 105 Å². The standard InChI is InChI=1S/C20H18N2O5S/c1-14(20(23)24)27-18-9-6-15(7-10-18)13-21-22-28(25,26)19-11-8-16-4-2-3-5-17(16)12-19/h2-14,22H,1H3,(H,23,24)/t14-/m0/s1. The minimum Gasteiger partial charge on any atom is -0.479 e. The summed E-state index contributed by atoms with van der Waals surface area (Å²) in [5.74, 6) is -0.669. The molecule has 144 valence electrons. The third-order valence-electron chi connectivity index (χ3n) is 3.96. The number of fused-ring (bicyclic) bond motifs is 1. The molecule has 0 amide bonds. The molecule has 0 bridgehead atoms. The van der Waals surface area contributed by atoms with E-state index in [1.54, 1.807) is 36.4 Å². The Balaban J connectivity index is 1.68. The van der Waals surface area contributed by atoms with Crippen LogP contribution in [0.3, 0.4) is 0 Å². The van der Waals surface area contributed by atoms with Crippen LogP contribution in [0.25, 0.3) is 10.8 Å². The fraction of sp³-hybridized carbons (Fsp3) is 0.100. The average molecular weight is 398 g/mol. The van der Waals surface area contributed by atoms with E-state index >= 15 is 0 Å². The van der Waals surface area contributed by atoms with Gasteiger partial charge in [-0.3, -0.25) is 0 Å². The van der Waals surface area contributed by atoms with Crippen LogP contribution in [0, 0.1) is 0 Å². The van der Waals surface area contributed by atoms with Crippen LogP contribution < -0.4 is 9.57 Å². The van der Waals surface area contributed by atoms with Crippen molar-refractivity contribution >= 4 is 33.0 Å². The third kappa shape index (κ3) is 4.66. The molecule has 1 atom stereocenters. The molecule has 7 nitrogen and oxygen atoms in total. The van der Waals surface area contributed by atoms with E-state index in [0.717, 1.165) is 10.8 Å². The van der Waals surface area contributed by atoms with E-state index in [2.05, 4.69) is 9.93 Å². The summed E-state index contributed by atoms with van der Waals surface area (Å²) in [4.78, 5) is 13.1. The summed E-state index contributed by atoms with van der Waals surface area (Å²) in [5.41, 5.74) is 0.622. The quantitative estimate of drug-likeness (QED) is 0.470. The second-order valence-corrected chi connectivity index (χ2v) is 7.69. The van der Waals surface area contributed by atoms with Crippen molar-refractivity contribution in [1.82, 2.24) is 4.83 Å². The van der Waals surface area contributed by atoms with E-state index in [0.29, 0.717) is 11.3 Å². The number of benzene rings is 3. The summed E-state index contributed by atoms with van der Waals surface area (Å²) < 4.78 is 30.0. The molecule has 0 aliphatic heterocycles. The Kier molecular flexibility index (Phi) is 5.60. The maximum Gasteiger partial charge on any atom is 0.344 e. The van der Waals surface area contributed by atoms with Crippen LogP contribution in [0.5, 0.6) is 5.75 Å². The number of carbonyl (C=O) groups is 1. The Labute approximate surface area is 162 Å². The van der Waals surface area contributed by atoms with E-state index in [4.69, 9.17) is 9.84 Å². The second kappa shape index (κ2) is 8.10. The molecular weight excluding hydrogens is 380 g/mol. The molecule has 0 unspecified atom stereocenters. The first-order valence-electron chi connectivity index (χ1n) is 8.38. The largest absolute Gasteiger partial charge is 0.479 e. The van der Waals surface area contributed by atoms with Gasteiger partial charge in [0, 0.05) is 0 Å². The first-order chi connectivity index (χ1) is 13.3. The third-order valence-corrected chi connectivity index (χ3v) is 5.18. The summed E-state index contributed by atoms with van der Waals surface area (Å²) in [7, 11) is -3.79.